The molecule has 0 saturated heterocycles. The Hall–Kier alpha value is -3.74. The van der Waals surface area contributed by atoms with E-state index in [0.29, 0.717) is 22.9 Å². The van der Waals surface area contributed by atoms with Crippen LogP contribution < -0.4 is 10.6 Å². The van der Waals surface area contributed by atoms with E-state index >= 15 is 0 Å². The van der Waals surface area contributed by atoms with Gasteiger partial charge in [-0.1, -0.05) is 30.3 Å². The number of nitrogens with zero attached hydrogens (tertiary/aromatic N) is 2. The molecular formula is C22H22N4O3. The summed E-state index contributed by atoms with van der Waals surface area (Å²) in [5, 5.41) is 5.95. The molecule has 0 aliphatic heterocycles. The first-order chi connectivity index (χ1) is 14.0. The maximum atomic E-state index is 12.7. The first-order valence-corrected chi connectivity index (χ1v) is 9.23. The molecule has 3 rings (SSSR count). The Morgan fingerprint density at radius 1 is 0.966 bits per heavy atom. The van der Waals surface area contributed by atoms with Gasteiger partial charge in [0.2, 0.25) is 0 Å². The van der Waals surface area contributed by atoms with Gasteiger partial charge in [-0.2, -0.15) is 0 Å². The molecule has 7 heteroatoms. The molecule has 0 aliphatic rings. The van der Waals surface area contributed by atoms with Gasteiger partial charge in [0.25, 0.3) is 5.91 Å². The first-order valence-electron chi connectivity index (χ1n) is 9.23. The lowest BCUT2D eigenvalue weighted by Gasteiger charge is -2.12. The molecule has 29 heavy (non-hydrogen) atoms. The number of benzene rings is 2. The standard InChI is InChI=1S/C22H22N4O3/c1-4-29-22(28)16-10-6-8-12-18(16)25-20-13-19(23-15(3)24-20)21(27)26-17-11-7-5-9-14(17)2/h5-13H,4H2,1-3H3,(H,26,27)(H,23,24,25). The summed E-state index contributed by atoms with van der Waals surface area (Å²) in [6.45, 7) is 5.65. The predicted octanol–water partition coefficient (Wildman–Crippen LogP) is 4.27. The number of ether oxygens (including phenoxy) is 1. The van der Waals surface area contributed by atoms with Crippen LogP contribution in [0.3, 0.4) is 0 Å². The lowest BCUT2D eigenvalue weighted by Crippen LogP contribution is -2.16. The van der Waals surface area contributed by atoms with Crippen LogP contribution in [0.5, 0.6) is 0 Å². The highest BCUT2D eigenvalue weighted by molar-refractivity contribution is 6.04. The van der Waals surface area contributed by atoms with E-state index in [4.69, 9.17) is 4.74 Å². The Morgan fingerprint density at radius 2 is 1.66 bits per heavy atom. The van der Waals surface area contributed by atoms with Crippen molar-refractivity contribution < 1.29 is 14.3 Å². The highest BCUT2D eigenvalue weighted by atomic mass is 16.5. The molecule has 0 fully saturated rings. The van der Waals surface area contributed by atoms with Crippen LogP contribution in [-0.2, 0) is 4.74 Å². The van der Waals surface area contributed by atoms with Gasteiger partial charge in [-0.05, 0) is 44.5 Å². The summed E-state index contributed by atoms with van der Waals surface area (Å²) >= 11 is 0. The number of carbonyl (C=O) groups is 2. The van der Waals surface area contributed by atoms with Crippen LogP contribution in [0.2, 0.25) is 0 Å². The molecule has 0 spiro atoms. The van der Waals surface area contributed by atoms with Crippen molar-refractivity contribution in [3.63, 3.8) is 0 Å². The zero-order valence-corrected chi connectivity index (χ0v) is 16.5. The van der Waals surface area contributed by atoms with Gasteiger partial charge >= 0.3 is 5.97 Å². The average molecular weight is 390 g/mol. The number of esters is 1. The minimum Gasteiger partial charge on any atom is -0.462 e. The van der Waals surface area contributed by atoms with Crippen LogP contribution in [-0.4, -0.2) is 28.5 Å². The van der Waals surface area contributed by atoms with Crippen molar-refractivity contribution in [2.45, 2.75) is 20.8 Å². The Bertz CT molecular complexity index is 1050. The van der Waals surface area contributed by atoms with Gasteiger partial charge in [0.1, 0.15) is 17.3 Å². The van der Waals surface area contributed by atoms with E-state index in [0.717, 1.165) is 11.3 Å². The highest BCUT2D eigenvalue weighted by Crippen LogP contribution is 2.22. The molecule has 0 unspecified atom stereocenters. The van der Waals surface area contributed by atoms with E-state index < -0.39 is 5.97 Å². The van der Waals surface area contributed by atoms with Crippen LogP contribution in [0.25, 0.3) is 0 Å². The molecule has 0 bridgehead atoms. The van der Waals surface area contributed by atoms with E-state index in [9.17, 15) is 9.59 Å². The van der Waals surface area contributed by atoms with E-state index in [-0.39, 0.29) is 18.2 Å². The number of hydrogen-bond donors (Lipinski definition) is 2. The number of aryl methyl sites for hydroxylation is 2. The smallest absolute Gasteiger partial charge is 0.340 e. The SMILES string of the molecule is CCOC(=O)c1ccccc1Nc1cc(C(=O)Nc2ccccc2C)nc(C)n1. The molecule has 0 aliphatic carbocycles. The predicted molar refractivity (Wildman–Crippen MR) is 112 cm³/mol. The second kappa shape index (κ2) is 8.97. The first kappa shape index (κ1) is 20.0. The lowest BCUT2D eigenvalue weighted by molar-refractivity contribution is 0.0527. The minimum absolute atomic E-state index is 0.219. The normalized spacial score (nSPS) is 10.3. The van der Waals surface area contributed by atoms with Crippen LogP contribution >= 0.6 is 0 Å². The van der Waals surface area contributed by atoms with E-state index in [1.807, 2.05) is 31.2 Å². The van der Waals surface area contributed by atoms with Crippen LogP contribution in [0, 0.1) is 13.8 Å². The Kier molecular flexibility index (Phi) is 6.19. The van der Waals surface area contributed by atoms with Crippen molar-refractivity contribution >= 4 is 29.1 Å². The van der Waals surface area contributed by atoms with Crippen molar-refractivity contribution in [3.8, 4) is 0 Å². The molecule has 7 nitrogen and oxygen atoms in total. The molecule has 2 aromatic carbocycles. The van der Waals surface area contributed by atoms with Gasteiger partial charge in [0.15, 0.2) is 0 Å². The van der Waals surface area contributed by atoms with Crippen LogP contribution in [0.15, 0.2) is 54.6 Å². The zero-order chi connectivity index (χ0) is 20.8. The van der Waals surface area contributed by atoms with Crippen molar-refractivity contribution in [2.75, 3.05) is 17.2 Å². The van der Waals surface area contributed by atoms with Crippen LogP contribution in [0.1, 0.15) is 39.2 Å². The molecule has 1 amide bonds. The van der Waals surface area contributed by atoms with Crippen molar-refractivity contribution in [1.29, 1.82) is 0 Å². The Labute approximate surface area is 169 Å². The number of para-hydroxylation sites is 2. The number of nitrogens with one attached hydrogen (secondary N) is 2. The largest absolute Gasteiger partial charge is 0.462 e. The minimum atomic E-state index is -0.432. The van der Waals surface area contributed by atoms with E-state index in [1.165, 1.54) is 0 Å². The fourth-order valence-electron chi connectivity index (χ4n) is 2.76. The average Bonchev–Trinajstić information content (AvgIpc) is 2.70. The summed E-state index contributed by atoms with van der Waals surface area (Å²) in [7, 11) is 0. The summed E-state index contributed by atoms with van der Waals surface area (Å²) in [6, 6.07) is 16.0. The van der Waals surface area contributed by atoms with E-state index in [1.54, 1.807) is 44.2 Å². The summed E-state index contributed by atoms with van der Waals surface area (Å²) in [5.41, 5.74) is 2.81. The van der Waals surface area contributed by atoms with Crippen molar-refractivity contribution in [3.05, 3.63) is 77.2 Å². The highest BCUT2D eigenvalue weighted by Gasteiger charge is 2.15. The summed E-state index contributed by atoms with van der Waals surface area (Å²) < 4.78 is 5.09. The quantitative estimate of drug-likeness (QED) is 0.611. The van der Waals surface area contributed by atoms with Gasteiger partial charge < -0.3 is 15.4 Å². The molecule has 0 atom stereocenters. The van der Waals surface area contributed by atoms with Gasteiger partial charge in [-0.3, -0.25) is 4.79 Å². The Morgan fingerprint density at radius 3 is 2.38 bits per heavy atom. The second-order valence-electron chi connectivity index (χ2n) is 6.35. The van der Waals surface area contributed by atoms with Gasteiger partial charge in [0, 0.05) is 11.8 Å². The van der Waals surface area contributed by atoms with E-state index in [2.05, 4.69) is 20.6 Å². The summed E-state index contributed by atoms with van der Waals surface area (Å²) in [6.07, 6.45) is 0. The molecule has 1 aromatic heterocycles. The van der Waals surface area contributed by atoms with Crippen LogP contribution in [0.4, 0.5) is 17.2 Å². The summed E-state index contributed by atoms with van der Waals surface area (Å²) in [4.78, 5) is 33.4. The topological polar surface area (TPSA) is 93.2 Å². The third-order valence-electron chi connectivity index (χ3n) is 4.15. The van der Waals surface area contributed by atoms with Gasteiger partial charge in [0.05, 0.1) is 17.9 Å². The van der Waals surface area contributed by atoms with Gasteiger partial charge in [-0.15, -0.1) is 0 Å². The molecule has 3 aromatic rings. The number of aromatic nitrogens is 2. The number of amides is 1. The molecule has 0 saturated carbocycles. The lowest BCUT2D eigenvalue weighted by atomic mass is 10.1. The zero-order valence-electron chi connectivity index (χ0n) is 16.5. The van der Waals surface area contributed by atoms with Crippen molar-refractivity contribution in [2.24, 2.45) is 0 Å². The fourth-order valence-corrected chi connectivity index (χ4v) is 2.76. The molecular weight excluding hydrogens is 368 g/mol. The number of rotatable bonds is 6. The second-order valence-corrected chi connectivity index (χ2v) is 6.35. The third-order valence-corrected chi connectivity index (χ3v) is 4.15. The molecule has 2 N–H and O–H groups in total. The van der Waals surface area contributed by atoms with Gasteiger partial charge in [-0.25, -0.2) is 14.8 Å². The monoisotopic (exact) mass is 390 g/mol. The number of anilines is 3. The molecule has 1 heterocycles. The third kappa shape index (κ3) is 4.95. The number of carbonyl (C=O) groups excluding carboxylic acids is 2. The van der Waals surface area contributed by atoms with Crippen molar-refractivity contribution in [1.82, 2.24) is 9.97 Å². The Balaban J connectivity index is 1.86. The fraction of sp³-hybridized carbons (Fsp3) is 0.182. The summed E-state index contributed by atoms with van der Waals surface area (Å²) in [5.74, 6) is 0.0631. The molecule has 0 radical (unpaired) electrons. The molecule has 148 valence electrons. The maximum absolute atomic E-state index is 12.7. The number of hydrogen-bond acceptors (Lipinski definition) is 6. The maximum Gasteiger partial charge on any atom is 0.340 e.